The van der Waals surface area contributed by atoms with Crippen LogP contribution in [0.25, 0.3) is 0 Å². The first kappa shape index (κ1) is 19.8. The number of carbonyl (C=O) groups excluding carboxylic acids is 2. The summed E-state index contributed by atoms with van der Waals surface area (Å²) in [6.45, 7) is 3.44. The third-order valence-electron chi connectivity index (χ3n) is 5.35. The van der Waals surface area contributed by atoms with Crippen LogP contribution < -0.4 is 9.64 Å². The summed E-state index contributed by atoms with van der Waals surface area (Å²) in [5, 5.41) is 11.3. The molecule has 2 heterocycles. The van der Waals surface area contributed by atoms with E-state index in [2.05, 4.69) is 0 Å². The maximum absolute atomic E-state index is 13.4. The second-order valence-corrected chi connectivity index (χ2v) is 7.13. The lowest BCUT2D eigenvalue weighted by atomic mass is 10.0. The number of para-hydroxylation sites is 2. The Bertz CT molecular complexity index is 1000. The molecular weight excluding hydrogens is 390 g/mol. The molecule has 1 fully saturated rings. The van der Waals surface area contributed by atoms with Crippen molar-refractivity contribution in [2.45, 2.75) is 13.0 Å². The second-order valence-electron chi connectivity index (χ2n) is 7.13. The Labute approximate surface area is 172 Å². The summed E-state index contributed by atoms with van der Waals surface area (Å²) in [5.41, 5.74) is 0.911. The van der Waals surface area contributed by atoms with E-state index in [0.29, 0.717) is 37.7 Å². The lowest BCUT2D eigenvalue weighted by molar-refractivity contribution is -0.385. The van der Waals surface area contributed by atoms with Gasteiger partial charge < -0.3 is 19.3 Å². The smallest absolute Gasteiger partial charge is 0.273 e. The van der Waals surface area contributed by atoms with E-state index in [1.54, 1.807) is 42.2 Å². The van der Waals surface area contributed by atoms with Gasteiger partial charge in [-0.2, -0.15) is 0 Å². The molecule has 156 valence electrons. The maximum atomic E-state index is 13.4. The first-order valence-electron chi connectivity index (χ1n) is 9.65. The van der Waals surface area contributed by atoms with E-state index in [1.165, 1.54) is 17.0 Å². The van der Waals surface area contributed by atoms with Crippen LogP contribution in [-0.2, 0) is 9.53 Å². The van der Waals surface area contributed by atoms with Crippen molar-refractivity contribution in [2.75, 3.05) is 37.7 Å². The Balaban J connectivity index is 1.68. The fourth-order valence-corrected chi connectivity index (χ4v) is 3.74. The summed E-state index contributed by atoms with van der Waals surface area (Å²) >= 11 is 0. The number of nitrogens with zero attached hydrogens (tertiary/aromatic N) is 3. The molecule has 0 radical (unpaired) electrons. The van der Waals surface area contributed by atoms with E-state index in [0.717, 1.165) is 0 Å². The molecule has 0 unspecified atom stereocenters. The van der Waals surface area contributed by atoms with Gasteiger partial charge in [0.05, 0.1) is 30.4 Å². The van der Waals surface area contributed by atoms with Crippen LogP contribution in [0, 0.1) is 17.0 Å². The number of amides is 2. The fraction of sp³-hybridized carbons (Fsp3) is 0.333. The van der Waals surface area contributed by atoms with Crippen molar-refractivity contribution in [2.24, 2.45) is 0 Å². The van der Waals surface area contributed by atoms with Gasteiger partial charge in [0.15, 0.2) is 6.10 Å². The number of anilines is 1. The van der Waals surface area contributed by atoms with Crippen molar-refractivity contribution in [3.05, 3.63) is 63.7 Å². The number of hydrogen-bond acceptors (Lipinski definition) is 6. The molecule has 0 aliphatic carbocycles. The quantitative estimate of drug-likeness (QED) is 0.567. The minimum absolute atomic E-state index is 0.0220. The Morgan fingerprint density at radius 1 is 1.10 bits per heavy atom. The molecule has 4 rings (SSSR count). The van der Waals surface area contributed by atoms with Gasteiger partial charge >= 0.3 is 0 Å². The molecule has 30 heavy (non-hydrogen) atoms. The summed E-state index contributed by atoms with van der Waals surface area (Å²) in [7, 11) is 0. The zero-order chi connectivity index (χ0) is 21.3. The van der Waals surface area contributed by atoms with Crippen molar-refractivity contribution in [3.63, 3.8) is 0 Å². The summed E-state index contributed by atoms with van der Waals surface area (Å²) < 4.78 is 11.2. The van der Waals surface area contributed by atoms with Crippen LogP contribution in [0.4, 0.5) is 11.4 Å². The lowest BCUT2D eigenvalue weighted by Gasteiger charge is -2.37. The SMILES string of the molecule is Cc1c(C(=O)N2C[C@H](C(=O)N3CCOCC3)Oc3ccccc32)cccc1[N+](=O)[O-]. The Morgan fingerprint density at radius 2 is 1.83 bits per heavy atom. The molecular formula is C21H21N3O6. The minimum atomic E-state index is -0.860. The van der Waals surface area contributed by atoms with Gasteiger partial charge in [-0.05, 0) is 25.1 Å². The number of fused-ring (bicyclic) bond motifs is 1. The molecule has 2 aromatic carbocycles. The van der Waals surface area contributed by atoms with Crippen LogP contribution in [-0.4, -0.2) is 60.6 Å². The first-order valence-corrected chi connectivity index (χ1v) is 9.65. The molecule has 2 aromatic rings. The van der Waals surface area contributed by atoms with E-state index >= 15 is 0 Å². The third-order valence-corrected chi connectivity index (χ3v) is 5.35. The van der Waals surface area contributed by atoms with Crippen molar-refractivity contribution in [3.8, 4) is 5.75 Å². The average Bonchev–Trinajstić information content (AvgIpc) is 2.78. The van der Waals surface area contributed by atoms with Crippen LogP contribution in [0.3, 0.4) is 0 Å². The number of nitro benzene ring substituents is 1. The number of ether oxygens (including phenoxy) is 2. The summed E-state index contributed by atoms with van der Waals surface area (Å²) in [5.74, 6) is -0.195. The van der Waals surface area contributed by atoms with Gasteiger partial charge in [-0.1, -0.05) is 18.2 Å². The van der Waals surface area contributed by atoms with Gasteiger partial charge in [0, 0.05) is 30.3 Å². The molecule has 1 saturated heterocycles. The minimum Gasteiger partial charge on any atom is -0.476 e. The van der Waals surface area contributed by atoms with E-state index in [4.69, 9.17) is 9.47 Å². The second kappa shape index (κ2) is 8.11. The molecule has 2 aliphatic rings. The van der Waals surface area contributed by atoms with E-state index in [1.807, 2.05) is 0 Å². The molecule has 0 saturated carbocycles. The standard InChI is InChI=1S/C21H21N3O6/c1-14-15(5-4-7-16(14)24(27)28)20(25)23-13-19(21(26)22-9-11-29-12-10-22)30-18-8-3-2-6-17(18)23/h2-8,19H,9-13H2,1H3/t19-/m1/s1. The molecule has 1 atom stereocenters. The molecule has 0 spiro atoms. The van der Waals surface area contributed by atoms with E-state index in [9.17, 15) is 19.7 Å². The van der Waals surface area contributed by atoms with Crippen molar-refractivity contribution in [1.29, 1.82) is 0 Å². The molecule has 0 bridgehead atoms. The number of hydrogen-bond donors (Lipinski definition) is 0. The zero-order valence-electron chi connectivity index (χ0n) is 16.4. The Morgan fingerprint density at radius 3 is 2.57 bits per heavy atom. The highest BCUT2D eigenvalue weighted by Gasteiger charge is 2.37. The zero-order valence-corrected chi connectivity index (χ0v) is 16.4. The molecule has 9 heteroatoms. The van der Waals surface area contributed by atoms with Crippen LogP contribution in [0.1, 0.15) is 15.9 Å². The number of morpholine rings is 1. The van der Waals surface area contributed by atoms with Crippen LogP contribution >= 0.6 is 0 Å². The average molecular weight is 411 g/mol. The fourth-order valence-electron chi connectivity index (χ4n) is 3.74. The molecule has 2 amide bonds. The number of benzene rings is 2. The van der Waals surface area contributed by atoms with E-state index in [-0.39, 0.29) is 29.3 Å². The Kier molecular flexibility index (Phi) is 5.37. The van der Waals surface area contributed by atoms with Crippen LogP contribution in [0.15, 0.2) is 42.5 Å². The highest BCUT2D eigenvalue weighted by Crippen LogP contribution is 2.35. The molecule has 9 nitrogen and oxygen atoms in total. The van der Waals surface area contributed by atoms with Crippen molar-refractivity contribution < 1.29 is 24.0 Å². The predicted molar refractivity (Wildman–Crippen MR) is 108 cm³/mol. The summed E-state index contributed by atoms with van der Waals surface area (Å²) in [4.78, 5) is 40.3. The predicted octanol–water partition coefficient (Wildman–Crippen LogP) is 2.17. The topological polar surface area (TPSA) is 102 Å². The van der Waals surface area contributed by atoms with Gasteiger partial charge in [0.2, 0.25) is 0 Å². The molecule has 2 aliphatic heterocycles. The van der Waals surface area contributed by atoms with Crippen molar-refractivity contribution in [1.82, 2.24) is 4.90 Å². The number of carbonyl (C=O) groups is 2. The normalized spacial score (nSPS) is 18.4. The number of rotatable bonds is 3. The van der Waals surface area contributed by atoms with Crippen LogP contribution in [0.2, 0.25) is 0 Å². The first-order chi connectivity index (χ1) is 14.5. The van der Waals surface area contributed by atoms with Gasteiger partial charge in [-0.15, -0.1) is 0 Å². The van der Waals surface area contributed by atoms with Crippen molar-refractivity contribution >= 4 is 23.2 Å². The van der Waals surface area contributed by atoms with E-state index < -0.39 is 16.9 Å². The monoisotopic (exact) mass is 411 g/mol. The van der Waals surface area contributed by atoms with Crippen LogP contribution in [0.5, 0.6) is 5.75 Å². The van der Waals surface area contributed by atoms with Gasteiger partial charge in [-0.3, -0.25) is 19.7 Å². The van der Waals surface area contributed by atoms with Gasteiger partial charge in [0.25, 0.3) is 17.5 Å². The molecule has 0 N–H and O–H groups in total. The van der Waals surface area contributed by atoms with Gasteiger partial charge in [0.1, 0.15) is 5.75 Å². The molecule has 0 aromatic heterocycles. The maximum Gasteiger partial charge on any atom is 0.273 e. The lowest BCUT2D eigenvalue weighted by Crippen LogP contribution is -2.54. The van der Waals surface area contributed by atoms with Gasteiger partial charge in [-0.25, -0.2) is 0 Å². The largest absolute Gasteiger partial charge is 0.476 e. The summed E-state index contributed by atoms with van der Waals surface area (Å²) in [6.07, 6.45) is -0.860. The highest BCUT2D eigenvalue weighted by molar-refractivity contribution is 6.09. The summed E-state index contributed by atoms with van der Waals surface area (Å²) in [6, 6.07) is 11.4. The highest BCUT2D eigenvalue weighted by atomic mass is 16.6. The third kappa shape index (κ3) is 3.59. The Hall–Kier alpha value is -3.46. The number of nitro groups is 1.